The molecule has 5 heteroatoms. The zero-order chi connectivity index (χ0) is 11.7. The summed E-state index contributed by atoms with van der Waals surface area (Å²) in [6.07, 6.45) is -0.765. The number of carbonyl (C=O) groups excluding carboxylic acids is 1. The van der Waals surface area contributed by atoms with Crippen LogP contribution in [0.1, 0.15) is 6.92 Å². The van der Waals surface area contributed by atoms with E-state index >= 15 is 0 Å². The molecule has 2 rings (SSSR count). The summed E-state index contributed by atoms with van der Waals surface area (Å²) in [6, 6.07) is 8.49. The van der Waals surface area contributed by atoms with Crippen LogP contribution >= 0.6 is 12.2 Å². The molecule has 2 atom stereocenters. The zero-order valence-corrected chi connectivity index (χ0v) is 9.57. The van der Waals surface area contributed by atoms with Gasteiger partial charge in [-0.25, -0.2) is 0 Å². The largest absolute Gasteiger partial charge is 0.391 e. The van der Waals surface area contributed by atoms with Gasteiger partial charge in [0.2, 0.25) is 0 Å². The molecule has 0 radical (unpaired) electrons. The van der Waals surface area contributed by atoms with Gasteiger partial charge in [0.05, 0.1) is 11.8 Å². The first-order valence-electron chi connectivity index (χ1n) is 4.99. The van der Waals surface area contributed by atoms with Crippen LogP contribution in [0.5, 0.6) is 0 Å². The van der Waals surface area contributed by atoms with E-state index in [9.17, 15) is 9.90 Å². The lowest BCUT2D eigenvalue weighted by atomic mass is 10.2. The molecule has 1 amide bonds. The lowest BCUT2D eigenvalue weighted by Gasteiger charge is -2.15. The van der Waals surface area contributed by atoms with Crippen LogP contribution in [0.15, 0.2) is 30.3 Å². The van der Waals surface area contributed by atoms with Gasteiger partial charge in [-0.15, -0.1) is 0 Å². The number of aliphatic hydroxyl groups excluding tert-OH is 1. The second kappa shape index (κ2) is 4.19. The van der Waals surface area contributed by atoms with Gasteiger partial charge in [0.25, 0.3) is 5.91 Å². The number of hydrogen-bond acceptors (Lipinski definition) is 3. The van der Waals surface area contributed by atoms with E-state index in [2.05, 4.69) is 5.32 Å². The molecule has 4 nitrogen and oxygen atoms in total. The first-order chi connectivity index (χ1) is 7.61. The van der Waals surface area contributed by atoms with E-state index in [-0.39, 0.29) is 5.91 Å². The van der Waals surface area contributed by atoms with E-state index in [4.69, 9.17) is 12.2 Å². The van der Waals surface area contributed by atoms with Crippen molar-refractivity contribution in [2.24, 2.45) is 0 Å². The predicted octanol–water partition coefficient (Wildman–Crippen LogP) is 0.657. The molecule has 1 fully saturated rings. The lowest BCUT2D eigenvalue weighted by molar-refractivity contribution is -0.120. The highest BCUT2D eigenvalue weighted by Crippen LogP contribution is 2.20. The number of rotatable bonds is 2. The van der Waals surface area contributed by atoms with Gasteiger partial charge in [0.1, 0.15) is 6.04 Å². The minimum atomic E-state index is -0.765. The summed E-state index contributed by atoms with van der Waals surface area (Å²) >= 11 is 5.08. The second-order valence-corrected chi connectivity index (χ2v) is 4.06. The molecule has 1 heterocycles. The van der Waals surface area contributed by atoms with Crippen molar-refractivity contribution < 1.29 is 9.90 Å². The average molecular weight is 236 g/mol. The van der Waals surface area contributed by atoms with Gasteiger partial charge >= 0.3 is 0 Å². The van der Waals surface area contributed by atoms with Crippen molar-refractivity contribution in [3.8, 4) is 0 Å². The van der Waals surface area contributed by atoms with Gasteiger partial charge < -0.3 is 10.4 Å². The molecule has 1 aliphatic rings. The smallest absolute Gasteiger partial charge is 0.258 e. The Balaban J connectivity index is 2.30. The Kier molecular flexibility index (Phi) is 2.89. The van der Waals surface area contributed by atoms with E-state index in [1.54, 1.807) is 19.1 Å². The van der Waals surface area contributed by atoms with Gasteiger partial charge in [-0.3, -0.25) is 9.69 Å². The Morgan fingerprint density at radius 3 is 2.56 bits per heavy atom. The maximum absolute atomic E-state index is 12.0. The minimum Gasteiger partial charge on any atom is -0.391 e. The number of hydrogen-bond donors (Lipinski definition) is 2. The van der Waals surface area contributed by atoms with Crippen molar-refractivity contribution in [3.63, 3.8) is 0 Å². The van der Waals surface area contributed by atoms with Crippen LogP contribution in [0.25, 0.3) is 0 Å². The van der Waals surface area contributed by atoms with Crippen LogP contribution in [0.3, 0.4) is 0 Å². The van der Waals surface area contributed by atoms with E-state index in [1.165, 1.54) is 4.90 Å². The maximum Gasteiger partial charge on any atom is 0.258 e. The second-order valence-electron chi connectivity index (χ2n) is 3.68. The van der Waals surface area contributed by atoms with Gasteiger partial charge in [-0.1, -0.05) is 18.2 Å². The van der Waals surface area contributed by atoms with Crippen molar-refractivity contribution in [1.82, 2.24) is 5.32 Å². The Hall–Kier alpha value is -1.46. The third-order valence-electron chi connectivity index (χ3n) is 2.47. The molecular weight excluding hydrogens is 224 g/mol. The van der Waals surface area contributed by atoms with Gasteiger partial charge in [-0.05, 0) is 31.3 Å². The molecule has 2 N–H and O–H groups in total. The number of thiocarbonyl (C=S) groups is 1. The molecule has 1 aromatic rings. The number of para-hydroxylation sites is 1. The molecule has 0 aliphatic carbocycles. The summed E-state index contributed by atoms with van der Waals surface area (Å²) < 4.78 is 0. The van der Waals surface area contributed by atoms with E-state index in [0.29, 0.717) is 10.8 Å². The van der Waals surface area contributed by atoms with Gasteiger partial charge in [0.15, 0.2) is 5.11 Å². The summed E-state index contributed by atoms with van der Waals surface area (Å²) in [7, 11) is 0. The quantitative estimate of drug-likeness (QED) is 0.741. The summed E-state index contributed by atoms with van der Waals surface area (Å²) in [6.45, 7) is 1.56. The fourth-order valence-corrected chi connectivity index (χ4v) is 1.97. The van der Waals surface area contributed by atoms with E-state index in [0.717, 1.165) is 0 Å². The molecule has 1 saturated heterocycles. The average Bonchev–Trinajstić information content (AvgIpc) is 2.56. The van der Waals surface area contributed by atoms with Crippen molar-refractivity contribution in [1.29, 1.82) is 0 Å². The summed E-state index contributed by atoms with van der Waals surface area (Å²) in [5.41, 5.74) is 0.716. The Morgan fingerprint density at radius 1 is 1.44 bits per heavy atom. The van der Waals surface area contributed by atoms with Crippen LogP contribution in [-0.4, -0.2) is 28.3 Å². The molecular formula is C11H12N2O2S. The fraction of sp³-hybridized carbons (Fsp3) is 0.273. The number of anilines is 1. The lowest BCUT2D eigenvalue weighted by Crippen LogP contribution is -2.39. The number of amides is 1. The van der Waals surface area contributed by atoms with Crippen LogP contribution < -0.4 is 10.2 Å². The normalized spacial score (nSPS) is 22.1. The first-order valence-corrected chi connectivity index (χ1v) is 5.39. The minimum absolute atomic E-state index is 0.216. The standard InChI is InChI=1S/C11H12N2O2S/c1-7(14)9-10(15)13(11(16)12-9)8-5-3-2-4-6-8/h2-7,9,14H,1H3,(H,12,16)/t7-,9-/m1/s1. The zero-order valence-electron chi connectivity index (χ0n) is 8.75. The molecule has 0 saturated carbocycles. The van der Waals surface area contributed by atoms with Crippen molar-refractivity contribution >= 4 is 28.9 Å². The maximum atomic E-state index is 12.0. The number of benzene rings is 1. The Morgan fingerprint density at radius 2 is 2.06 bits per heavy atom. The number of aliphatic hydroxyl groups is 1. The Bertz CT molecular complexity index is 419. The number of nitrogens with one attached hydrogen (secondary N) is 1. The fourth-order valence-electron chi connectivity index (χ4n) is 1.65. The van der Waals surface area contributed by atoms with Crippen molar-refractivity contribution in [3.05, 3.63) is 30.3 Å². The SMILES string of the molecule is C[C@@H](O)[C@H]1NC(=S)N(c2ccccc2)C1=O. The predicted molar refractivity (Wildman–Crippen MR) is 65.1 cm³/mol. The third-order valence-corrected chi connectivity index (χ3v) is 2.77. The Labute approximate surface area is 98.9 Å². The van der Waals surface area contributed by atoms with Crippen molar-refractivity contribution in [2.75, 3.05) is 4.90 Å². The van der Waals surface area contributed by atoms with Gasteiger partial charge in [0, 0.05) is 0 Å². The monoisotopic (exact) mass is 236 g/mol. The molecule has 0 aromatic heterocycles. The highest BCUT2D eigenvalue weighted by Gasteiger charge is 2.38. The summed E-state index contributed by atoms with van der Waals surface area (Å²) in [5.74, 6) is -0.216. The molecule has 16 heavy (non-hydrogen) atoms. The van der Waals surface area contributed by atoms with E-state index in [1.807, 2.05) is 18.2 Å². The number of carbonyl (C=O) groups is 1. The molecule has 0 bridgehead atoms. The van der Waals surface area contributed by atoms with Crippen LogP contribution in [0, 0.1) is 0 Å². The molecule has 1 aliphatic heterocycles. The van der Waals surface area contributed by atoms with E-state index < -0.39 is 12.1 Å². The molecule has 0 unspecified atom stereocenters. The van der Waals surface area contributed by atoms with Gasteiger partial charge in [-0.2, -0.15) is 0 Å². The molecule has 1 aromatic carbocycles. The summed E-state index contributed by atoms with van der Waals surface area (Å²) in [5, 5.41) is 12.6. The first kappa shape index (κ1) is 11.0. The van der Waals surface area contributed by atoms with Crippen molar-refractivity contribution in [2.45, 2.75) is 19.1 Å². The molecule has 0 spiro atoms. The summed E-state index contributed by atoms with van der Waals surface area (Å²) in [4.78, 5) is 13.4. The van der Waals surface area contributed by atoms with Crippen LogP contribution in [-0.2, 0) is 4.79 Å². The van der Waals surface area contributed by atoms with Crippen LogP contribution in [0.4, 0.5) is 5.69 Å². The highest BCUT2D eigenvalue weighted by molar-refractivity contribution is 7.80. The molecule has 84 valence electrons. The number of nitrogens with zero attached hydrogens (tertiary/aromatic N) is 1. The topological polar surface area (TPSA) is 52.6 Å². The highest BCUT2D eigenvalue weighted by atomic mass is 32.1. The van der Waals surface area contributed by atoms with Crippen LogP contribution in [0.2, 0.25) is 0 Å². The third kappa shape index (κ3) is 1.79.